The summed E-state index contributed by atoms with van der Waals surface area (Å²) >= 11 is 0. The highest BCUT2D eigenvalue weighted by molar-refractivity contribution is 6.35. The van der Waals surface area contributed by atoms with E-state index in [0.29, 0.717) is 13.0 Å². The minimum absolute atomic E-state index is 0.0846. The van der Waals surface area contributed by atoms with Gasteiger partial charge in [0.15, 0.2) is 5.78 Å². The van der Waals surface area contributed by atoms with Crippen molar-refractivity contribution in [3.8, 4) is 0 Å². The van der Waals surface area contributed by atoms with Crippen molar-refractivity contribution < 1.29 is 46.6 Å². The Labute approximate surface area is 193 Å². The minimum Gasteiger partial charge on any atom is -0.377 e. The van der Waals surface area contributed by atoms with E-state index < -0.39 is 54.5 Å². The zero-order valence-corrected chi connectivity index (χ0v) is 18.8. The van der Waals surface area contributed by atoms with E-state index in [1.807, 2.05) is 0 Å². The number of ketones is 1. The largest absolute Gasteiger partial charge is 0.522 e. The molecule has 0 saturated carbocycles. The Kier molecular flexibility index (Phi) is 9.79. The molecule has 0 aromatic rings. The SMILES string of the molecule is CC(C)C[C@H](NC(=O)C(=O)NC1COC1)C(=O)N[C@@H](C[C@@H]1CCNC1=O)C(=O)COC(F)(F)F. The Morgan fingerprint density at radius 3 is 2.29 bits per heavy atom. The van der Waals surface area contributed by atoms with Crippen molar-refractivity contribution in [1.29, 1.82) is 0 Å². The summed E-state index contributed by atoms with van der Waals surface area (Å²) in [7, 11) is 0. The van der Waals surface area contributed by atoms with Crippen LogP contribution >= 0.6 is 0 Å². The van der Waals surface area contributed by atoms with Crippen LogP contribution < -0.4 is 21.3 Å². The number of rotatable bonds is 11. The van der Waals surface area contributed by atoms with E-state index >= 15 is 0 Å². The van der Waals surface area contributed by atoms with Gasteiger partial charge in [0, 0.05) is 12.5 Å². The summed E-state index contributed by atoms with van der Waals surface area (Å²) in [5.74, 6) is -5.19. The quantitative estimate of drug-likeness (QED) is 0.273. The monoisotopic (exact) mass is 494 g/mol. The average molecular weight is 494 g/mol. The van der Waals surface area contributed by atoms with Crippen molar-refractivity contribution in [2.75, 3.05) is 26.4 Å². The van der Waals surface area contributed by atoms with Crippen LogP contribution in [0.1, 0.15) is 33.1 Å². The molecule has 4 amide bonds. The summed E-state index contributed by atoms with van der Waals surface area (Å²) in [6.07, 6.45) is -4.86. The summed E-state index contributed by atoms with van der Waals surface area (Å²) in [6, 6.07) is -3.02. The van der Waals surface area contributed by atoms with Gasteiger partial charge in [-0.2, -0.15) is 0 Å². The van der Waals surface area contributed by atoms with Gasteiger partial charge in [-0.3, -0.25) is 28.7 Å². The molecule has 0 spiro atoms. The van der Waals surface area contributed by atoms with Gasteiger partial charge in [0.1, 0.15) is 12.6 Å². The summed E-state index contributed by atoms with van der Waals surface area (Å²) in [4.78, 5) is 61.5. The van der Waals surface area contributed by atoms with Crippen LogP contribution in [0.15, 0.2) is 0 Å². The third kappa shape index (κ3) is 8.89. The summed E-state index contributed by atoms with van der Waals surface area (Å²) in [5.41, 5.74) is 0. The maximum atomic E-state index is 12.9. The molecule has 11 nitrogen and oxygen atoms in total. The van der Waals surface area contributed by atoms with E-state index in [1.54, 1.807) is 13.8 Å². The lowest BCUT2D eigenvalue weighted by atomic mass is 9.95. The van der Waals surface area contributed by atoms with Crippen LogP contribution in [0.25, 0.3) is 0 Å². The highest BCUT2D eigenvalue weighted by Gasteiger charge is 2.36. The molecule has 0 aromatic heterocycles. The number of carbonyl (C=O) groups excluding carboxylic acids is 5. The van der Waals surface area contributed by atoms with Crippen LogP contribution in [-0.2, 0) is 33.4 Å². The lowest BCUT2D eigenvalue weighted by Crippen LogP contribution is -2.57. The molecule has 0 unspecified atom stereocenters. The lowest BCUT2D eigenvalue weighted by Gasteiger charge is -2.27. The van der Waals surface area contributed by atoms with Crippen LogP contribution in [0, 0.1) is 11.8 Å². The van der Waals surface area contributed by atoms with E-state index in [4.69, 9.17) is 4.74 Å². The van der Waals surface area contributed by atoms with Crippen molar-refractivity contribution in [3.05, 3.63) is 0 Å². The Morgan fingerprint density at radius 2 is 1.79 bits per heavy atom. The molecule has 4 N–H and O–H groups in total. The van der Waals surface area contributed by atoms with Crippen LogP contribution in [0.3, 0.4) is 0 Å². The van der Waals surface area contributed by atoms with Crippen molar-refractivity contribution >= 4 is 29.4 Å². The van der Waals surface area contributed by atoms with Crippen molar-refractivity contribution in [3.63, 3.8) is 0 Å². The van der Waals surface area contributed by atoms with Gasteiger partial charge in [0.2, 0.25) is 11.8 Å². The Hall–Kier alpha value is -2.74. The van der Waals surface area contributed by atoms with Gasteiger partial charge in [-0.05, 0) is 25.2 Å². The van der Waals surface area contributed by atoms with E-state index in [2.05, 4.69) is 26.0 Å². The number of amides is 4. The van der Waals surface area contributed by atoms with Gasteiger partial charge in [0.25, 0.3) is 0 Å². The molecule has 3 atom stereocenters. The van der Waals surface area contributed by atoms with E-state index in [0.717, 1.165) is 0 Å². The molecule has 14 heteroatoms. The molecule has 34 heavy (non-hydrogen) atoms. The molecule has 2 heterocycles. The molecule has 0 aliphatic carbocycles. The first kappa shape index (κ1) is 27.5. The van der Waals surface area contributed by atoms with Crippen LogP contribution in [-0.4, -0.2) is 80.3 Å². The van der Waals surface area contributed by atoms with Crippen LogP contribution in [0.4, 0.5) is 13.2 Å². The number of nitrogens with one attached hydrogen (secondary N) is 4. The first-order valence-electron chi connectivity index (χ1n) is 10.9. The van der Waals surface area contributed by atoms with Crippen LogP contribution in [0.2, 0.25) is 0 Å². The molecule has 0 bridgehead atoms. The molecule has 0 aromatic carbocycles. The highest BCUT2D eigenvalue weighted by Crippen LogP contribution is 2.20. The second kappa shape index (κ2) is 12.1. The van der Waals surface area contributed by atoms with E-state index in [-0.39, 0.29) is 43.9 Å². The summed E-state index contributed by atoms with van der Waals surface area (Å²) in [5, 5.41) is 9.61. The molecule has 192 valence electrons. The van der Waals surface area contributed by atoms with Crippen molar-refractivity contribution in [2.45, 2.75) is 57.6 Å². The number of hydrogen-bond donors (Lipinski definition) is 4. The summed E-state index contributed by atoms with van der Waals surface area (Å²) in [6.45, 7) is 3.00. The third-order valence-electron chi connectivity index (χ3n) is 5.27. The number of Topliss-reactive ketones (excluding diaryl/α,β-unsaturated/α-hetero) is 1. The maximum Gasteiger partial charge on any atom is 0.522 e. The fraction of sp³-hybridized carbons (Fsp3) is 0.750. The minimum atomic E-state index is -5.05. The van der Waals surface area contributed by atoms with Gasteiger partial charge >= 0.3 is 18.2 Å². The van der Waals surface area contributed by atoms with E-state index in [9.17, 15) is 37.1 Å². The fourth-order valence-corrected chi connectivity index (χ4v) is 3.45. The highest BCUT2D eigenvalue weighted by atomic mass is 19.4. The second-order valence-electron chi connectivity index (χ2n) is 8.64. The molecule has 2 aliphatic heterocycles. The Morgan fingerprint density at radius 1 is 1.12 bits per heavy atom. The Balaban J connectivity index is 2.07. The third-order valence-corrected chi connectivity index (χ3v) is 5.27. The summed E-state index contributed by atoms with van der Waals surface area (Å²) < 4.78 is 45.7. The molecule has 2 aliphatic rings. The van der Waals surface area contributed by atoms with Gasteiger partial charge in [-0.1, -0.05) is 13.8 Å². The predicted molar refractivity (Wildman–Crippen MR) is 109 cm³/mol. The molecule has 0 radical (unpaired) electrons. The first-order chi connectivity index (χ1) is 15.9. The standard InChI is InChI=1S/C20H29F3N4O7/c1-10(2)5-14(27-19(32)18(31)25-12-7-33-8-12)17(30)26-13(6-11-3-4-24-16(11)29)15(28)9-34-20(21,22)23/h10-14H,3-9H2,1-2H3,(H,24,29)(H,25,31)(H,26,30)(H,27,32)/t11-,13-,14-/m0/s1. The van der Waals surface area contributed by atoms with Gasteiger partial charge < -0.3 is 26.0 Å². The number of halogens is 3. The average Bonchev–Trinajstić information content (AvgIpc) is 3.11. The smallest absolute Gasteiger partial charge is 0.377 e. The van der Waals surface area contributed by atoms with Gasteiger partial charge in [-0.15, -0.1) is 13.2 Å². The second-order valence-corrected chi connectivity index (χ2v) is 8.64. The number of alkyl halides is 3. The number of hydrogen-bond acceptors (Lipinski definition) is 7. The Bertz CT molecular complexity index is 787. The molecular formula is C20H29F3N4O7. The molecular weight excluding hydrogens is 465 g/mol. The zero-order valence-electron chi connectivity index (χ0n) is 18.8. The van der Waals surface area contributed by atoms with Crippen molar-refractivity contribution in [2.24, 2.45) is 11.8 Å². The van der Waals surface area contributed by atoms with Gasteiger partial charge in [-0.25, -0.2) is 0 Å². The fourth-order valence-electron chi connectivity index (χ4n) is 3.45. The molecule has 2 fully saturated rings. The van der Waals surface area contributed by atoms with Gasteiger partial charge in [0.05, 0.1) is 25.3 Å². The number of ether oxygens (including phenoxy) is 2. The van der Waals surface area contributed by atoms with Crippen molar-refractivity contribution in [1.82, 2.24) is 21.3 Å². The van der Waals surface area contributed by atoms with E-state index in [1.165, 1.54) is 0 Å². The first-order valence-corrected chi connectivity index (χ1v) is 10.9. The normalized spacial score (nSPS) is 20.2. The zero-order chi connectivity index (χ0) is 25.5. The maximum absolute atomic E-state index is 12.9. The van der Waals surface area contributed by atoms with Crippen LogP contribution in [0.5, 0.6) is 0 Å². The molecule has 2 saturated heterocycles. The lowest BCUT2D eigenvalue weighted by molar-refractivity contribution is -0.321. The molecule has 2 rings (SSSR count). The number of carbonyl (C=O) groups is 5. The topological polar surface area (TPSA) is 152 Å². The predicted octanol–water partition coefficient (Wildman–Crippen LogP) is -0.851.